The Hall–Kier alpha value is -0.740. The van der Waals surface area contributed by atoms with Crippen LogP contribution in [0.25, 0.3) is 0 Å². The third-order valence-electron chi connectivity index (χ3n) is 2.83. The molecule has 5 heteroatoms. The van der Waals surface area contributed by atoms with Gasteiger partial charge in [0.25, 0.3) is 0 Å². The van der Waals surface area contributed by atoms with Crippen LogP contribution in [0.2, 0.25) is 5.02 Å². The maximum absolute atomic E-state index is 12.0. The van der Waals surface area contributed by atoms with Crippen LogP contribution in [0.3, 0.4) is 0 Å². The molecule has 2 unspecified atom stereocenters. The Kier molecular flexibility index (Phi) is 6.66. The lowest BCUT2D eigenvalue weighted by Gasteiger charge is -2.19. The van der Waals surface area contributed by atoms with Gasteiger partial charge in [-0.15, -0.1) is 0 Å². The van der Waals surface area contributed by atoms with Gasteiger partial charge in [0.1, 0.15) is 6.04 Å². The molecule has 0 aliphatic carbocycles. The first kappa shape index (κ1) is 16.3. The van der Waals surface area contributed by atoms with Crippen molar-refractivity contribution in [3.05, 3.63) is 27.7 Å². The fourth-order valence-electron chi connectivity index (χ4n) is 1.79. The number of amides is 1. The topological polar surface area (TPSA) is 41.1 Å². The van der Waals surface area contributed by atoms with Gasteiger partial charge in [-0.1, -0.05) is 31.0 Å². The van der Waals surface area contributed by atoms with Gasteiger partial charge in [0.05, 0.1) is 15.2 Å². The Morgan fingerprint density at radius 2 is 2.11 bits per heavy atom. The van der Waals surface area contributed by atoms with Crippen molar-refractivity contribution in [3.63, 3.8) is 0 Å². The molecule has 0 saturated carbocycles. The quantitative estimate of drug-likeness (QED) is 0.809. The van der Waals surface area contributed by atoms with E-state index in [-0.39, 0.29) is 18.0 Å². The highest BCUT2D eigenvalue weighted by atomic mass is 79.9. The van der Waals surface area contributed by atoms with E-state index in [1.54, 1.807) is 6.07 Å². The standard InChI is InChI=1S/C14H20BrClN2O/c1-4-6-9(2)17-14(19)10(3)18-12-8-5-7-11(16)13(12)15/h5,7-10,18H,4,6H2,1-3H3,(H,17,19). The van der Waals surface area contributed by atoms with Crippen LogP contribution < -0.4 is 10.6 Å². The number of anilines is 1. The van der Waals surface area contributed by atoms with Crippen LogP contribution in [0.5, 0.6) is 0 Å². The Balaban J connectivity index is 2.61. The van der Waals surface area contributed by atoms with E-state index >= 15 is 0 Å². The summed E-state index contributed by atoms with van der Waals surface area (Å²) in [7, 11) is 0. The number of carbonyl (C=O) groups is 1. The molecule has 0 saturated heterocycles. The summed E-state index contributed by atoms with van der Waals surface area (Å²) >= 11 is 9.42. The highest BCUT2D eigenvalue weighted by molar-refractivity contribution is 9.10. The van der Waals surface area contributed by atoms with Gasteiger partial charge in [-0.25, -0.2) is 0 Å². The van der Waals surface area contributed by atoms with Gasteiger partial charge in [-0.05, 0) is 48.3 Å². The van der Waals surface area contributed by atoms with Gasteiger partial charge in [-0.3, -0.25) is 4.79 Å². The third-order valence-corrected chi connectivity index (χ3v) is 4.22. The van der Waals surface area contributed by atoms with Crippen molar-refractivity contribution in [2.75, 3.05) is 5.32 Å². The lowest BCUT2D eigenvalue weighted by Crippen LogP contribution is -2.42. The van der Waals surface area contributed by atoms with E-state index in [4.69, 9.17) is 11.6 Å². The second-order valence-corrected chi connectivity index (χ2v) is 5.87. The maximum atomic E-state index is 12.0. The summed E-state index contributed by atoms with van der Waals surface area (Å²) in [4.78, 5) is 12.0. The molecule has 1 amide bonds. The fraction of sp³-hybridized carbons (Fsp3) is 0.500. The van der Waals surface area contributed by atoms with Crippen molar-refractivity contribution in [1.82, 2.24) is 5.32 Å². The molecule has 1 aromatic carbocycles. The van der Waals surface area contributed by atoms with Crippen molar-refractivity contribution < 1.29 is 4.79 Å². The van der Waals surface area contributed by atoms with E-state index in [9.17, 15) is 4.79 Å². The van der Waals surface area contributed by atoms with Gasteiger partial charge in [-0.2, -0.15) is 0 Å². The molecule has 0 aliphatic heterocycles. The van der Waals surface area contributed by atoms with E-state index in [1.807, 2.05) is 26.0 Å². The Labute approximate surface area is 128 Å². The maximum Gasteiger partial charge on any atom is 0.242 e. The van der Waals surface area contributed by atoms with Crippen molar-refractivity contribution in [2.24, 2.45) is 0 Å². The number of hydrogen-bond donors (Lipinski definition) is 2. The minimum Gasteiger partial charge on any atom is -0.373 e. The molecule has 1 aromatic rings. The average molecular weight is 348 g/mol. The van der Waals surface area contributed by atoms with Gasteiger partial charge in [0.2, 0.25) is 5.91 Å². The van der Waals surface area contributed by atoms with Crippen molar-refractivity contribution in [1.29, 1.82) is 0 Å². The molecular formula is C14H20BrClN2O. The van der Waals surface area contributed by atoms with Crippen molar-refractivity contribution in [3.8, 4) is 0 Å². The summed E-state index contributed by atoms with van der Waals surface area (Å²) < 4.78 is 0.776. The predicted octanol–water partition coefficient (Wildman–Crippen LogP) is 4.21. The number of hydrogen-bond acceptors (Lipinski definition) is 2. The highest BCUT2D eigenvalue weighted by Crippen LogP contribution is 2.30. The van der Waals surface area contributed by atoms with Gasteiger partial charge < -0.3 is 10.6 Å². The molecule has 0 spiro atoms. The first-order chi connectivity index (χ1) is 8.95. The smallest absolute Gasteiger partial charge is 0.242 e. The lowest BCUT2D eigenvalue weighted by atomic mass is 10.2. The molecule has 3 nitrogen and oxygen atoms in total. The SMILES string of the molecule is CCCC(C)NC(=O)C(C)Nc1cccc(Cl)c1Br. The van der Waals surface area contributed by atoms with Crippen LogP contribution in [0.1, 0.15) is 33.6 Å². The number of halogens is 2. The summed E-state index contributed by atoms with van der Waals surface area (Å²) in [5.74, 6) is -0.00664. The van der Waals surface area contributed by atoms with Gasteiger partial charge >= 0.3 is 0 Å². The van der Waals surface area contributed by atoms with Crippen LogP contribution in [0.15, 0.2) is 22.7 Å². The molecule has 1 rings (SSSR count). The van der Waals surface area contributed by atoms with E-state index in [1.165, 1.54) is 0 Å². The molecule has 19 heavy (non-hydrogen) atoms. The van der Waals surface area contributed by atoms with Crippen molar-refractivity contribution in [2.45, 2.75) is 45.7 Å². The second-order valence-electron chi connectivity index (χ2n) is 4.67. The van der Waals surface area contributed by atoms with Crippen LogP contribution in [0.4, 0.5) is 5.69 Å². The minimum atomic E-state index is -0.311. The lowest BCUT2D eigenvalue weighted by molar-refractivity contribution is -0.122. The molecule has 0 bridgehead atoms. The van der Waals surface area contributed by atoms with Gasteiger partial charge in [0, 0.05) is 6.04 Å². The number of carbonyl (C=O) groups excluding carboxylic acids is 1. The number of rotatable bonds is 6. The molecule has 2 atom stereocenters. The minimum absolute atomic E-state index is 0.00664. The van der Waals surface area contributed by atoms with Crippen LogP contribution >= 0.6 is 27.5 Å². The van der Waals surface area contributed by atoms with Crippen molar-refractivity contribution >= 4 is 39.1 Å². The summed E-state index contributed by atoms with van der Waals surface area (Å²) in [5, 5.41) is 6.76. The van der Waals surface area contributed by atoms with E-state index in [0.29, 0.717) is 5.02 Å². The monoisotopic (exact) mass is 346 g/mol. The summed E-state index contributed by atoms with van der Waals surface area (Å²) in [6, 6.07) is 5.42. The zero-order valence-electron chi connectivity index (χ0n) is 11.5. The number of nitrogens with one attached hydrogen (secondary N) is 2. The summed E-state index contributed by atoms with van der Waals surface area (Å²) in [5.41, 5.74) is 0.818. The summed E-state index contributed by atoms with van der Waals surface area (Å²) in [6.07, 6.45) is 2.04. The predicted molar refractivity (Wildman–Crippen MR) is 84.7 cm³/mol. The van der Waals surface area contributed by atoms with Gasteiger partial charge in [0.15, 0.2) is 0 Å². The van der Waals surface area contributed by atoms with Crippen LogP contribution in [0, 0.1) is 0 Å². The van der Waals surface area contributed by atoms with E-state index < -0.39 is 0 Å². The molecule has 0 fully saturated rings. The zero-order valence-corrected chi connectivity index (χ0v) is 13.8. The molecule has 0 aromatic heterocycles. The fourth-order valence-corrected chi connectivity index (χ4v) is 2.34. The Morgan fingerprint density at radius 1 is 1.42 bits per heavy atom. The van der Waals surface area contributed by atoms with E-state index in [0.717, 1.165) is 23.0 Å². The molecule has 0 aliphatic rings. The summed E-state index contributed by atoms with van der Waals surface area (Å²) in [6.45, 7) is 5.96. The molecule has 2 N–H and O–H groups in total. The third kappa shape index (κ3) is 5.03. The molecule has 0 radical (unpaired) electrons. The second kappa shape index (κ2) is 7.75. The van der Waals surface area contributed by atoms with E-state index in [2.05, 4.69) is 33.5 Å². The first-order valence-electron chi connectivity index (χ1n) is 6.46. The Morgan fingerprint density at radius 3 is 2.74 bits per heavy atom. The highest BCUT2D eigenvalue weighted by Gasteiger charge is 2.16. The Bertz CT molecular complexity index is 439. The molecule has 106 valence electrons. The number of benzene rings is 1. The molecular weight excluding hydrogens is 328 g/mol. The van der Waals surface area contributed by atoms with Crippen LogP contribution in [-0.4, -0.2) is 18.0 Å². The van der Waals surface area contributed by atoms with Crippen LogP contribution in [-0.2, 0) is 4.79 Å². The largest absolute Gasteiger partial charge is 0.373 e. The average Bonchev–Trinajstić information content (AvgIpc) is 2.35. The molecule has 0 heterocycles. The first-order valence-corrected chi connectivity index (χ1v) is 7.63. The normalized spacial score (nSPS) is 13.7. The zero-order chi connectivity index (χ0) is 14.4.